The number of methoxy groups -OCH3 is 1. The number of ether oxygens (including phenoxy) is 1. The summed E-state index contributed by atoms with van der Waals surface area (Å²) < 4.78 is 5.30. The summed E-state index contributed by atoms with van der Waals surface area (Å²) in [5.74, 6) is 0.577. The van der Waals surface area contributed by atoms with Crippen LogP contribution in [-0.4, -0.2) is 60.0 Å². The zero-order chi connectivity index (χ0) is 23.2. The van der Waals surface area contributed by atoms with Crippen molar-refractivity contribution in [1.29, 1.82) is 0 Å². The maximum atomic E-state index is 12.7. The maximum Gasteiger partial charge on any atom is 0.258 e. The number of nitrogens with one attached hydrogen (secondary N) is 2. The zero-order valence-electron chi connectivity index (χ0n) is 18.2. The third-order valence-corrected chi connectivity index (χ3v) is 6.27. The molecule has 2 amide bonds. The summed E-state index contributed by atoms with van der Waals surface area (Å²) in [6.07, 6.45) is 2.25. The van der Waals surface area contributed by atoms with Gasteiger partial charge in [0.2, 0.25) is 11.5 Å². The molecule has 0 spiro atoms. The Morgan fingerprint density at radius 2 is 2.00 bits per heavy atom. The number of rotatable bonds is 7. The van der Waals surface area contributed by atoms with Gasteiger partial charge in [0.25, 0.3) is 5.91 Å². The average Bonchev–Trinajstić information content (AvgIpc) is 3.30. The van der Waals surface area contributed by atoms with E-state index in [-0.39, 0.29) is 17.4 Å². The van der Waals surface area contributed by atoms with Crippen LogP contribution in [0.2, 0.25) is 0 Å². The molecule has 33 heavy (non-hydrogen) atoms. The van der Waals surface area contributed by atoms with Crippen molar-refractivity contribution >= 4 is 34.0 Å². The first-order valence-corrected chi connectivity index (χ1v) is 11.5. The molecule has 4 rings (SSSR count). The second-order valence-corrected chi connectivity index (χ2v) is 8.47. The second kappa shape index (κ2) is 10.3. The van der Waals surface area contributed by atoms with Gasteiger partial charge in [-0.3, -0.25) is 19.7 Å². The molecule has 2 N–H and O–H groups in total. The first kappa shape index (κ1) is 22.5. The van der Waals surface area contributed by atoms with Crippen LogP contribution in [0.1, 0.15) is 22.5 Å². The minimum absolute atomic E-state index is 0.104. The standard InChI is InChI=1S/C23H25N5O4S/c1-32-19-4-2-3-18(13-19)27-9-11-28(12-10-27)21(30)8-6-17-15-33-23(25-17)26-22(31)16-5-7-20(29)24-14-16/h2-5,7,13-15H,6,8-12H2,1H3,(H,24,29)(H,25,26,31). The molecule has 0 saturated carbocycles. The van der Waals surface area contributed by atoms with E-state index in [9.17, 15) is 14.4 Å². The highest BCUT2D eigenvalue weighted by Crippen LogP contribution is 2.22. The molecule has 3 heterocycles. The first-order chi connectivity index (χ1) is 16.0. The molecule has 3 aromatic rings. The number of aromatic nitrogens is 2. The Morgan fingerprint density at radius 3 is 2.73 bits per heavy atom. The molecular formula is C23H25N5O4S. The van der Waals surface area contributed by atoms with Crippen molar-refractivity contribution in [2.75, 3.05) is 43.5 Å². The smallest absolute Gasteiger partial charge is 0.258 e. The van der Waals surface area contributed by atoms with Gasteiger partial charge in [0.05, 0.1) is 18.4 Å². The number of anilines is 2. The number of piperazine rings is 1. The Hall–Kier alpha value is -3.66. The van der Waals surface area contributed by atoms with Crippen LogP contribution in [0.5, 0.6) is 5.75 Å². The zero-order valence-corrected chi connectivity index (χ0v) is 19.1. The van der Waals surface area contributed by atoms with E-state index in [0.29, 0.717) is 36.6 Å². The van der Waals surface area contributed by atoms with Crippen molar-refractivity contribution in [3.05, 3.63) is 69.6 Å². The number of carbonyl (C=O) groups excluding carboxylic acids is 2. The van der Waals surface area contributed by atoms with E-state index < -0.39 is 0 Å². The van der Waals surface area contributed by atoms with Gasteiger partial charge in [-0.1, -0.05) is 6.07 Å². The minimum atomic E-state index is -0.350. The van der Waals surface area contributed by atoms with Gasteiger partial charge in [0.15, 0.2) is 5.13 Å². The molecule has 1 fully saturated rings. The van der Waals surface area contributed by atoms with Gasteiger partial charge in [0, 0.05) is 62.0 Å². The number of H-pyrrole nitrogens is 1. The van der Waals surface area contributed by atoms with Crippen molar-refractivity contribution in [3.8, 4) is 5.75 Å². The highest BCUT2D eigenvalue weighted by Gasteiger charge is 2.21. The highest BCUT2D eigenvalue weighted by atomic mass is 32.1. The van der Waals surface area contributed by atoms with Crippen molar-refractivity contribution in [2.45, 2.75) is 12.8 Å². The van der Waals surface area contributed by atoms with Gasteiger partial charge in [-0.05, 0) is 24.6 Å². The Bertz CT molecular complexity index is 1160. The molecule has 0 bridgehead atoms. The third kappa shape index (κ3) is 5.78. The van der Waals surface area contributed by atoms with E-state index in [2.05, 4.69) is 26.3 Å². The van der Waals surface area contributed by atoms with Gasteiger partial charge < -0.3 is 19.5 Å². The summed E-state index contributed by atoms with van der Waals surface area (Å²) in [5, 5.41) is 5.02. The fourth-order valence-electron chi connectivity index (χ4n) is 3.61. The largest absolute Gasteiger partial charge is 0.497 e. The SMILES string of the molecule is COc1cccc(N2CCN(C(=O)CCc3csc(NC(=O)c4ccc(=O)[nH]c4)n3)CC2)c1. The Kier molecular flexibility index (Phi) is 7.04. The Labute approximate surface area is 195 Å². The summed E-state index contributed by atoms with van der Waals surface area (Å²) in [6, 6.07) is 10.7. The van der Waals surface area contributed by atoms with E-state index in [0.717, 1.165) is 30.2 Å². The summed E-state index contributed by atoms with van der Waals surface area (Å²) >= 11 is 1.31. The Balaban J connectivity index is 1.24. The maximum absolute atomic E-state index is 12.7. The lowest BCUT2D eigenvalue weighted by atomic mass is 10.2. The fourth-order valence-corrected chi connectivity index (χ4v) is 4.35. The number of aryl methyl sites for hydroxylation is 1. The number of amides is 2. The summed E-state index contributed by atoms with van der Waals surface area (Å²) in [7, 11) is 1.65. The predicted molar refractivity (Wildman–Crippen MR) is 127 cm³/mol. The van der Waals surface area contributed by atoms with Gasteiger partial charge in [0.1, 0.15) is 5.75 Å². The molecule has 9 nitrogen and oxygen atoms in total. The first-order valence-electron chi connectivity index (χ1n) is 10.6. The molecule has 10 heteroatoms. The van der Waals surface area contributed by atoms with Crippen molar-refractivity contribution in [1.82, 2.24) is 14.9 Å². The lowest BCUT2D eigenvalue weighted by Gasteiger charge is -2.36. The quantitative estimate of drug-likeness (QED) is 0.552. The predicted octanol–water partition coefficient (Wildman–Crippen LogP) is 2.37. The molecular weight excluding hydrogens is 442 g/mol. The monoisotopic (exact) mass is 467 g/mol. The van der Waals surface area contributed by atoms with Gasteiger partial charge >= 0.3 is 0 Å². The topological polar surface area (TPSA) is 108 Å². The van der Waals surface area contributed by atoms with Crippen molar-refractivity contribution in [2.24, 2.45) is 0 Å². The number of benzene rings is 1. The molecule has 0 aliphatic carbocycles. The van der Waals surface area contributed by atoms with E-state index >= 15 is 0 Å². The Morgan fingerprint density at radius 1 is 1.18 bits per heavy atom. The fraction of sp³-hybridized carbons (Fsp3) is 0.304. The lowest BCUT2D eigenvalue weighted by Crippen LogP contribution is -2.48. The number of hydrogen-bond acceptors (Lipinski definition) is 7. The van der Waals surface area contributed by atoms with Crippen LogP contribution in [0.15, 0.2) is 52.8 Å². The summed E-state index contributed by atoms with van der Waals surface area (Å²) in [6.45, 7) is 2.90. The van der Waals surface area contributed by atoms with E-state index in [1.54, 1.807) is 7.11 Å². The molecule has 1 aliphatic heterocycles. The molecule has 0 radical (unpaired) electrons. The number of thiazole rings is 1. The lowest BCUT2D eigenvalue weighted by molar-refractivity contribution is -0.131. The normalized spacial score (nSPS) is 13.6. The van der Waals surface area contributed by atoms with E-state index in [1.807, 2.05) is 28.5 Å². The van der Waals surface area contributed by atoms with Crippen LogP contribution in [-0.2, 0) is 11.2 Å². The number of pyridine rings is 1. The summed E-state index contributed by atoms with van der Waals surface area (Å²) in [4.78, 5) is 47.0. The molecule has 172 valence electrons. The average molecular weight is 468 g/mol. The van der Waals surface area contributed by atoms with Crippen LogP contribution in [0.25, 0.3) is 0 Å². The van der Waals surface area contributed by atoms with Crippen LogP contribution in [0.4, 0.5) is 10.8 Å². The van der Waals surface area contributed by atoms with Gasteiger partial charge in [-0.15, -0.1) is 11.3 Å². The van der Waals surface area contributed by atoms with Crippen LogP contribution >= 0.6 is 11.3 Å². The third-order valence-electron chi connectivity index (χ3n) is 5.46. The second-order valence-electron chi connectivity index (χ2n) is 7.61. The van der Waals surface area contributed by atoms with Crippen LogP contribution in [0.3, 0.4) is 0 Å². The van der Waals surface area contributed by atoms with Gasteiger partial charge in [-0.2, -0.15) is 0 Å². The number of aromatic amines is 1. The van der Waals surface area contributed by atoms with Crippen LogP contribution in [0, 0.1) is 0 Å². The van der Waals surface area contributed by atoms with Crippen LogP contribution < -0.4 is 20.5 Å². The van der Waals surface area contributed by atoms with E-state index in [4.69, 9.17) is 4.74 Å². The number of carbonyl (C=O) groups is 2. The molecule has 1 aliphatic rings. The summed E-state index contributed by atoms with van der Waals surface area (Å²) in [5.41, 5.74) is 1.93. The van der Waals surface area contributed by atoms with Crippen molar-refractivity contribution < 1.29 is 14.3 Å². The number of hydrogen-bond donors (Lipinski definition) is 2. The molecule has 1 aromatic carbocycles. The van der Waals surface area contributed by atoms with E-state index in [1.165, 1.54) is 29.7 Å². The molecule has 0 unspecified atom stereocenters. The minimum Gasteiger partial charge on any atom is -0.497 e. The van der Waals surface area contributed by atoms with Crippen molar-refractivity contribution in [3.63, 3.8) is 0 Å². The molecule has 2 aromatic heterocycles. The van der Waals surface area contributed by atoms with Gasteiger partial charge in [-0.25, -0.2) is 4.98 Å². The molecule has 1 saturated heterocycles. The number of nitrogens with zero attached hydrogens (tertiary/aromatic N) is 3. The molecule has 0 atom stereocenters. The highest BCUT2D eigenvalue weighted by molar-refractivity contribution is 7.14.